The first kappa shape index (κ1) is 26.4. The summed E-state index contributed by atoms with van der Waals surface area (Å²) < 4.78 is 55.9. The number of ether oxygens (including phenoxy) is 3. The number of fused-ring (bicyclic) bond motifs is 1. The third-order valence-corrected chi connectivity index (χ3v) is 5.99. The number of methoxy groups -OCH3 is 2. The van der Waals surface area contributed by atoms with Gasteiger partial charge in [-0.1, -0.05) is 29.3 Å². The van der Waals surface area contributed by atoms with E-state index in [0.717, 1.165) is 12.1 Å². The van der Waals surface area contributed by atoms with E-state index in [1.165, 1.54) is 32.4 Å². The van der Waals surface area contributed by atoms with Crippen molar-refractivity contribution in [3.05, 3.63) is 82.0 Å². The Labute approximate surface area is 219 Å². The molecule has 0 unspecified atom stereocenters. The second-order valence-electron chi connectivity index (χ2n) is 7.81. The second-order valence-corrected chi connectivity index (χ2v) is 8.63. The number of halogens is 5. The lowest BCUT2D eigenvalue weighted by molar-refractivity contribution is -0.137. The van der Waals surface area contributed by atoms with Crippen molar-refractivity contribution in [1.29, 1.82) is 0 Å². The first-order valence-electron chi connectivity index (χ1n) is 10.7. The van der Waals surface area contributed by atoms with E-state index in [4.69, 9.17) is 37.4 Å². The van der Waals surface area contributed by atoms with Gasteiger partial charge in [-0.25, -0.2) is 0 Å². The fourth-order valence-corrected chi connectivity index (χ4v) is 4.05. The number of nitrogens with zero attached hydrogens (tertiary/aromatic N) is 1. The van der Waals surface area contributed by atoms with Crippen LogP contribution in [-0.4, -0.2) is 25.1 Å². The molecule has 0 bridgehead atoms. The monoisotopic (exact) mass is 550 g/mol. The van der Waals surface area contributed by atoms with E-state index >= 15 is 0 Å². The summed E-state index contributed by atoms with van der Waals surface area (Å²) >= 11 is 12.0. The number of nitrogens with one attached hydrogen (secondary N) is 1. The summed E-state index contributed by atoms with van der Waals surface area (Å²) in [5, 5.41) is 3.02. The molecule has 0 radical (unpaired) electrons. The second kappa shape index (κ2) is 10.7. The molecular weight excluding hydrogens is 532 g/mol. The van der Waals surface area contributed by atoms with Crippen molar-refractivity contribution in [2.75, 3.05) is 19.5 Å². The Balaban J connectivity index is 1.50. The molecule has 37 heavy (non-hydrogen) atoms. The van der Waals surface area contributed by atoms with Crippen LogP contribution in [0.1, 0.15) is 11.1 Å². The summed E-state index contributed by atoms with van der Waals surface area (Å²) in [5.41, 5.74) is 0.0525. The summed E-state index contributed by atoms with van der Waals surface area (Å²) in [4.78, 5) is 16.8. The van der Waals surface area contributed by atoms with Crippen molar-refractivity contribution in [2.45, 2.75) is 12.6 Å². The van der Waals surface area contributed by atoms with Gasteiger partial charge in [0.25, 0.3) is 0 Å². The first-order valence-corrected chi connectivity index (χ1v) is 11.5. The average Bonchev–Trinajstić information content (AvgIpc) is 2.85. The first-order chi connectivity index (χ1) is 17.6. The molecular formula is C26H19Cl2F3N2O4. The highest BCUT2D eigenvalue weighted by atomic mass is 35.5. The van der Waals surface area contributed by atoms with Gasteiger partial charge in [-0.2, -0.15) is 13.2 Å². The van der Waals surface area contributed by atoms with Gasteiger partial charge >= 0.3 is 6.18 Å². The lowest BCUT2D eigenvalue weighted by Gasteiger charge is -2.14. The van der Waals surface area contributed by atoms with Gasteiger partial charge in [0.05, 0.1) is 47.5 Å². The fraction of sp³-hybridized carbons (Fsp3) is 0.154. The molecule has 3 aromatic carbocycles. The number of pyridine rings is 1. The molecule has 0 aliphatic rings. The number of aromatic nitrogens is 1. The maximum absolute atomic E-state index is 13.1. The Morgan fingerprint density at radius 3 is 2.32 bits per heavy atom. The molecule has 0 spiro atoms. The molecule has 0 saturated carbocycles. The Morgan fingerprint density at radius 1 is 0.919 bits per heavy atom. The number of carbonyl (C=O) groups is 1. The molecule has 1 heterocycles. The van der Waals surface area contributed by atoms with Gasteiger partial charge in [0.1, 0.15) is 11.5 Å². The van der Waals surface area contributed by atoms with Crippen LogP contribution < -0.4 is 19.5 Å². The van der Waals surface area contributed by atoms with E-state index in [-0.39, 0.29) is 22.7 Å². The van der Waals surface area contributed by atoms with E-state index in [2.05, 4.69) is 10.3 Å². The van der Waals surface area contributed by atoms with Crippen LogP contribution in [0.15, 0.2) is 60.8 Å². The molecule has 0 atom stereocenters. The van der Waals surface area contributed by atoms with Gasteiger partial charge in [0.2, 0.25) is 5.91 Å². The molecule has 1 N–H and O–H groups in total. The number of hydrogen-bond donors (Lipinski definition) is 1. The zero-order valence-corrected chi connectivity index (χ0v) is 21.0. The summed E-state index contributed by atoms with van der Waals surface area (Å²) in [6.45, 7) is 0. The zero-order chi connectivity index (χ0) is 26.7. The third-order valence-electron chi connectivity index (χ3n) is 5.35. The predicted octanol–water partition coefficient (Wildman–Crippen LogP) is 7.55. The molecule has 4 rings (SSSR count). The van der Waals surface area contributed by atoms with Crippen LogP contribution in [-0.2, 0) is 17.4 Å². The number of hydrogen-bond acceptors (Lipinski definition) is 5. The number of benzene rings is 3. The van der Waals surface area contributed by atoms with Crippen LogP contribution in [0.3, 0.4) is 0 Å². The smallest absolute Gasteiger partial charge is 0.417 e. The van der Waals surface area contributed by atoms with E-state index in [0.29, 0.717) is 33.9 Å². The quantitative estimate of drug-likeness (QED) is 0.257. The van der Waals surface area contributed by atoms with Crippen LogP contribution in [0.4, 0.5) is 18.9 Å². The number of alkyl halides is 3. The highest BCUT2D eigenvalue weighted by Gasteiger charge is 2.33. The van der Waals surface area contributed by atoms with Crippen LogP contribution in [0.25, 0.3) is 10.9 Å². The van der Waals surface area contributed by atoms with Crippen molar-refractivity contribution in [1.82, 2.24) is 4.98 Å². The van der Waals surface area contributed by atoms with Crippen LogP contribution in [0.5, 0.6) is 23.0 Å². The van der Waals surface area contributed by atoms with Crippen molar-refractivity contribution in [3.63, 3.8) is 0 Å². The molecule has 0 saturated heterocycles. The molecule has 1 amide bonds. The van der Waals surface area contributed by atoms with Gasteiger partial charge in [-0.05, 0) is 42.0 Å². The van der Waals surface area contributed by atoms with E-state index < -0.39 is 22.7 Å². The molecule has 0 aliphatic carbocycles. The SMILES string of the molecule is COc1cc2nccc(Oc3ccc(NC(=O)Cc4ccc(Cl)c(C(F)(F)F)c4)c(Cl)c3)c2cc1OC. The molecule has 1 aromatic heterocycles. The minimum absolute atomic E-state index is 0.155. The third kappa shape index (κ3) is 6.00. The van der Waals surface area contributed by atoms with E-state index in [1.54, 1.807) is 30.5 Å². The van der Waals surface area contributed by atoms with E-state index in [1.807, 2.05) is 0 Å². The lowest BCUT2D eigenvalue weighted by atomic mass is 10.1. The zero-order valence-electron chi connectivity index (χ0n) is 19.5. The molecule has 6 nitrogen and oxygen atoms in total. The van der Waals surface area contributed by atoms with Crippen molar-refractivity contribution >= 4 is 45.7 Å². The predicted molar refractivity (Wildman–Crippen MR) is 135 cm³/mol. The van der Waals surface area contributed by atoms with Crippen molar-refractivity contribution in [2.24, 2.45) is 0 Å². The standard InChI is InChI=1S/C26H19Cl2F3N2O4/c1-35-23-12-16-21(13-24(23)36-2)32-8-7-22(16)37-15-4-6-20(19(28)11-15)33-25(34)10-14-3-5-18(27)17(9-14)26(29,30)31/h3-9,11-13H,10H2,1-2H3,(H,33,34). The van der Waals surface area contributed by atoms with Gasteiger partial charge in [-0.15, -0.1) is 0 Å². The van der Waals surface area contributed by atoms with Gasteiger partial charge < -0.3 is 19.5 Å². The maximum atomic E-state index is 13.1. The topological polar surface area (TPSA) is 69.7 Å². The Bertz CT molecular complexity index is 1480. The minimum atomic E-state index is -4.62. The molecule has 0 aliphatic heterocycles. The van der Waals surface area contributed by atoms with Crippen molar-refractivity contribution < 1.29 is 32.2 Å². The average molecular weight is 551 g/mol. The summed E-state index contributed by atoms with van der Waals surface area (Å²) in [6.07, 6.45) is -3.34. The molecule has 11 heteroatoms. The summed E-state index contributed by atoms with van der Waals surface area (Å²) in [5.74, 6) is 1.36. The maximum Gasteiger partial charge on any atom is 0.417 e. The molecule has 4 aromatic rings. The van der Waals surface area contributed by atoms with Crippen LogP contribution in [0.2, 0.25) is 10.0 Å². The van der Waals surface area contributed by atoms with Gasteiger partial charge in [-0.3, -0.25) is 9.78 Å². The Kier molecular flexibility index (Phi) is 7.65. The fourth-order valence-electron chi connectivity index (χ4n) is 3.60. The highest BCUT2D eigenvalue weighted by molar-refractivity contribution is 6.34. The summed E-state index contributed by atoms with van der Waals surface area (Å²) in [7, 11) is 3.05. The Hall–Kier alpha value is -3.69. The van der Waals surface area contributed by atoms with Crippen molar-refractivity contribution in [3.8, 4) is 23.0 Å². The lowest BCUT2D eigenvalue weighted by Crippen LogP contribution is -2.15. The van der Waals surface area contributed by atoms with Gasteiger partial charge in [0, 0.05) is 23.7 Å². The van der Waals surface area contributed by atoms with Crippen LogP contribution >= 0.6 is 23.2 Å². The summed E-state index contributed by atoms with van der Waals surface area (Å²) in [6, 6.07) is 13.1. The van der Waals surface area contributed by atoms with Gasteiger partial charge in [0.15, 0.2) is 11.5 Å². The normalized spacial score (nSPS) is 11.3. The number of carbonyl (C=O) groups excluding carboxylic acids is 1. The number of anilines is 1. The van der Waals surface area contributed by atoms with Crippen LogP contribution in [0, 0.1) is 0 Å². The number of amides is 1. The molecule has 192 valence electrons. The largest absolute Gasteiger partial charge is 0.493 e. The van der Waals surface area contributed by atoms with E-state index in [9.17, 15) is 18.0 Å². The number of rotatable bonds is 7. The highest BCUT2D eigenvalue weighted by Crippen LogP contribution is 2.38. The Morgan fingerprint density at radius 2 is 1.65 bits per heavy atom. The minimum Gasteiger partial charge on any atom is -0.493 e. The molecule has 0 fully saturated rings.